The summed E-state index contributed by atoms with van der Waals surface area (Å²) in [5.74, 6) is -0.155. The van der Waals surface area contributed by atoms with Crippen molar-refractivity contribution in [1.82, 2.24) is 0 Å². The maximum Gasteiger partial charge on any atom is 0.144 e. The Bertz CT molecular complexity index is 1210. The Morgan fingerprint density at radius 1 is 0.967 bits per heavy atom. The Labute approximate surface area is 179 Å². The monoisotopic (exact) mass is 442 g/mol. The second kappa shape index (κ2) is 8.42. The van der Waals surface area contributed by atoms with Gasteiger partial charge in [-0.25, -0.2) is 12.8 Å². The Balaban J connectivity index is 1.91. The van der Waals surface area contributed by atoms with Gasteiger partial charge in [0.15, 0.2) is 0 Å². The van der Waals surface area contributed by atoms with E-state index in [9.17, 15) is 17.6 Å². The summed E-state index contributed by atoms with van der Waals surface area (Å²) in [4.78, 5) is 12.2. The molecule has 0 saturated heterocycles. The Hall–Kier alpha value is -2.96. The minimum Gasteiger partial charge on any atom is -0.456 e. The molecule has 0 aromatic heterocycles. The van der Waals surface area contributed by atoms with Crippen LogP contribution in [0.25, 0.3) is 11.3 Å². The molecule has 0 bridgehead atoms. The van der Waals surface area contributed by atoms with Crippen molar-refractivity contribution in [3.05, 3.63) is 99.8 Å². The molecule has 0 fully saturated rings. The molecule has 1 aliphatic rings. The second-order valence-electron chi connectivity index (χ2n) is 6.84. The van der Waals surface area contributed by atoms with Crippen LogP contribution in [0.3, 0.4) is 0 Å². The van der Waals surface area contributed by atoms with Crippen LogP contribution < -0.4 is 4.74 Å². The lowest BCUT2D eigenvalue weighted by Gasteiger charge is -2.28. The molecule has 0 radical (unpaired) electrons. The molecular weight excluding hydrogens is 427 g/mol. The summed E-state index contributed by atoms with van der Waals surface area (Å²) in [6, 6.07) is 17.8. The van der Waals surface area contributed by atoms with E-state index in [1.54, 1.807) is 54.6 Å². The minimum atomic E-state index is -2.53. The summed E-state index contributed by atoms with van der Waals surface area (Å²) in [6.07, 6.45) is 0.812. The third-order valence-corrected chi connectivity index (χ3v) is 5.75. The van der Waals surface area contributed by atoms with Crippen molar-refractivity contribution in [2.24, 2.45) is 0 Å². The molecule has 3 aromatic rings. The largest absolute Gasteiger partial charge is 0.456 e. The molecular formula is C23H16ClFO4S. The van der Waals surface area contributed by atoms with E-state index >= 15 is 0 Å². The quantitative estimate of drug-likeness (QED) is 0.454. The highest BCUT2D eigenvalue weighted by molar-refractivity contribution is 7.71. The second-order valence-corrected chi connectivity index (χ2v) is 8.25. The van der Waals surface area contributed by atoms with Gasteiger partial charge in [0.25, 0.3) is 0 Å². The first-order valence-electron chi connectivity index (χ1n) is 9.10. The SMILES string of the molecule is O=CC1C(c2ccc(F)cc2)=C(c2ccc(C[SH](=O)=O)cc2)Oc2ccc(Cl)cc21. The molecule has 1 heterocycles. The highest BCUT2D eigenvalue weighted by Crippen LogP contribution is 2.46. The van der Waals surface area contributed by atoms with Crippen molar-refractivity contribution in [1.29, 1.82) is 0 Å². The number of carbonyl (C=O) groups is 1. The van der Waals surface area contributed by atoms with E-state index in [0.29, 0.717) is 44.4 Å². The average molecular weight is 443 g/mol. The normalized spacial score (nSPS) is 15.6. The fourth-order valence-electron chi connectivity index (χ4n) is 3.52. The van der Waals surface area contributed by atoms with Crippen LogP contribution >= 0.6 is 11.6 Å². The van der Waals surface area contributed by atoms with Gasteiger partial charge < -0.3 is 9.53 Å². The lowest BCUT2D eigenvalue weighted by Crippen LogP contribution is -2.16. The van der Waals surface area contributed by atoms with Gasteiger partial charge in [-0.15, -0.1) is 0 Å². The third kappa shape index (κ3) is 4.01. The highest BCUT2D eigenvalue weighted by atomic mass is 35.5. The van der Waals surface area contributed by atoms with E-state index < -0.39 is 16.6 Å². The molecule has 7 heteroatoms. The topological polar surface area (TPSA) is 60.4 Å². The molecule has 1 aliphatic heterocycles. The first-order valence-corrected chi connectivity index (χ1v) is 10.8. The lowest BCUT2D eigenvalue weighted by atomic mass is 9.83. The first-order chi connectivity index (χ1) is 14.5. The van der Waals surface area contributed by atoms with Crippen LogP contribution in [0, 0.1) is 5.82 Å². The Morgan fingerprint density at radius 3 is 2.27 bits per heavy atom. The van der Waals surface area contributed by atoms with Crippen LogP contribution in [0.5, 0.6) is 5.75 Å². The van der Waals surface area contributed by atoms with E-state index in [4.69, 9.17) is 16.3 Å². The number of halogens is 2. The first kappa shape index (κ1) is 20.3. The van der Waals surface area contributed by atoms with Crippen LogP contribution in [0.4, 0.5) is 4.39 Å². The number of carbonyl (C=O) groups excluding carboxylic acids is 1. The molecule has 0 spiro atoms. The number of rotatable bonds is 5. The molecule has 152 valence electrons. The van der Waals surface area contributed by atoms with Gasteiger partial charge >= 0.3 is 0 Å². The smallest absolute Gasteiger partial charge is 0.144 e. The van der Waals surface area contributed by atoms with Gasteiger partial charge in [-0.05, 0) is 41.5 Å². The van der Waals surface area contributed by atoms with E-state index in [0.717, 1.165) is 6.29 Å². The van der Waals surface area contributed by atoms with E-state index in [-0.39, 0.29) is 11.6 Å². The molecule has 4 rings (SSSR count). The Kier molecular flexibility index (Phi) is 5.70. The van der Waals surface area contributed by atoms with Gasteiger partial charge in [0.05, 0.1) is 11.7 Å². The standard InChI is InChI=1S/C23H16ClFO4S/c24-17-7-10-21-19(11-17)20(12-26)22(15-5-8-18(25)9-6-15)23(29-21)16-3-1-14(2-4-16)13-30(27)28/h1-12,20,30H,13H2. The van der Waals surface area contributed by atoms with Gasteiger partial charge in [-0.1, -0.05) is 48.0 Å². The number of hydrogen-bond acceptors (Lipinski definition) is 4. The van der Waals surface area contributed by atoms with Crippen molar-refractivity contribution in [3.63, 3.8) is 0 Å². The van der Waals surface area contributed by atoms with Crippen molar-refractivity contribution in [2.45, 2.75) is 11.7 Å². The predicted octanol–water partition coefficient (Wildman–Crippen LogP) is 4.83. The number of benzene rings is 3. The average Bonchev–Trinajstić information content (AvgIpc) is 2.73. The molecule has 0 aliphatic carbocycles. The van der Waals surface area contributed by atoms with E-state index in [2.05, 4.69) is 0 Å². The number of allylic oxidation sites excluding steroid dienone is 1. The number of thiol groups is 1. The van der Waals surface area contributed by atoms with Crippen LogP contribution in [0.1, 0.15) is 28.2 Å². The van der Waals surface area contributed by atoms with Crippen LogP contribution in [0.15, 0.2) is 66.7 Å². The van der Waals surface area contributed by atoms with E-state index in [1.165, 1.54) is 12.1 Å². The fourth-order valence-corrected chi connectivity index (χ4v) is 4.21. The summed E-state index contributed by atoms with van der Waals surface area (Å²) in [7, 11) is -2.53. The van der Waals surface area contributed by atoms with Crippen molar-refractivity contribution >= 4 is 39.9 Å². The molecule has 3 aromatic carbocycles. The lowest BCUT2D eigenvalue weighted by molar-refractivity contribution is -0.108. The van der Waals surface area contributed by atoms with Crippen LogP contribution in [-0.4, -0.2) is 14.7 Å². The maximum atomic E-state index is 13.5. The fraction of sp³-hybridized carbons (Fsp3) is 0.0870. The van der Waals surface area contributed by atoms with Crippen molar-refractivity contribution < 1.29 is 22.3 Å². The van der Waals surface area contributed by atoms with Crippen molar-refractivity contribution in [2.75, 3.05) is 0 Å². The number of aldehydes is 1. The van der Waals surface area contributed by atoms with Gasteiger partial charge in [-0.3, -0.25) is 0 Å². The van der Waals surface area contributed by atoms with E-state index in [1.807, 2.05) is 0 Å². The third-order valence-electron chi connectivity index (χ3n) is 4.89. The van der Waals surface area contributed by atoms with Crippen LogP contribution in [-0.2, 0) is 21.3 Å². The van der Waals surface area contributed by atoms with Gasteiger partial charge in [0.2, 0.25) is 0 Å². The molecule has 1 unspecified atom stereocenters. The molecule has 0 N–H and O–H groups in total. The highest BCUT2D eigenvalue weighted by Gasteiger charge is 2.31. The zero-order chi connectivity index (χ0) is 21.3. The van der Waals surface area contributed by atoms with Gasteiger partial charge in [-0.2, -0.15) is 0 Å². The molecule has 4 nitrogen and oxygen atoms in total. The number of ether oxygens (including phenoxy) is 1. The van der Waals surface area contributed by atoms with Gasteiger partial charge in [0.1, 0.15) is 34.3 Å². The minimum absolute atomic E-state index is 0.0569. The summed E-state index contributed by atoms with van der Waals surface area (Å²) in [6.45, 7) is 0. The zero-order valence-corrected chi connectivity index (χ0v) is 17.2. The summed E-state index contributed by atoms with van der Waals surface area (Å²) in [5.41, 5.74) is 3.17. The van der Waals surface area contributed by atoms with Crippen LogP contribution in [0.2, 0.25) is 5.02 Å². The molecule has 30 heavy (non-hydrogen) atoms. The molecule has 0 saturated carbocycles. The molecule has 0 amide bonds. The zero-order valence-electron chi connectivity index (χ0n) is 15.5. The number of fused-ring (bicyclic) bond motifs is 1. The predicted molar refractivity (Wildman–Crippen MR) is 115 cm³/mol. The summed E-state index contributed by atoms with van der Waals surface area (Å²) < 4.78 is 41.7. The summed E-state index contributed by atoms with van der Waals surface area (Å²) in [5, 5.41) is 0.474. The summed E-state index contributed by atoms with van der Waals surface area (Å²) >= 11 is 6.14. The van der Waals surface area contributed by atoms with Crippen molar-refractivity contribution in [3.8, 4) is 5.75 Å². The number of hydrogen-bond donors (Lipinski definition) is 1. The van der Waals surface area contributed by atoms with Gasteiger partial charge in [0, 0.05) is 21.7 Å². The molecule has 1 atom stereocenters. The Morgan fingerprint density at radius 2 is 1.63 bits per heavy atom. The maximum absolute atomic E-state index is 13.5.